The highest BCUT2D eigenvalue weighted by Gasteiger charge is 2.49. The fourth-order valence-electron chi connectivity index (χ4n) is 7.86. The summed E-state index contributed by atoms with van der Waals surface area (Å²) < 4.78 is 20.9. The number of carbonyl (C=O) groups excluding carboxylic acids is 1. The predicted molar refractivity (Wildman–Crippen MR) is 170 cm³/mol. The van der Waals surface area contributed by atoms with Crippen LogP contribution >= 0.6 is 0 Å². The van der Waals surface area contributed by atoms with Crippen LogP contribution in [-0.4, -0.2) is 60.4 Å². The largest absolute Gasteiger partial charge is 0.453 e. The van der Waals surface area contributed by atoms with E-state index in [1.54, 1.807) is 6.07 Å². The van der Waals surface area contributed by atoms with Gasteiger partial charge in [-0.05, 0) is 99.5 Å². The number of methoxy groups -OCH3 is 1. The third-order valence-corrected chi connectivity index (χ3v) is 10.2. The van der Waals surface area contributed by atoms with Gasteiger partial charge in [0.25, 0.3) is 0 Å². The SMILES string of the molecule is COC(N)=O.Cc1nccn1CC(c1cccc(F)c1)(C1CCCC1)C1CCN(CC2CN(c3ccc(C#N)cc3)C2)CC1. The van der Waals surface area contributed by atoms with Gasteiger partial charge >= 0.3 is 6.09 Å². The van der Waals surface area contributed by atoms with Crippen molar-refractivity contribution in [3.63, 3.8) is 0 Å². The molecule has 2 N–H and O–H groups in total. The molecule has 44 heavy (non-hydrogen) atoms. The lowest BCUT2D eigenvalue weighted by Crippen LogP contribution is -2.54. The van der Waals surface area contributed by atoms with Crippen LogP contribution in [0.1, 0.15) is 55.5 Å². The maximum Gasteiger partial charge on any atom is 0.404 e. The molecule has 0 radical (unpaired) electrons. The van der Waals surface area contributed by atoms with E-state index in [4.69, 9.17) is 5.26 Å². The van der Waals surface area contributed by atoms with Crippen molar-refractivity contribution in [3.8, 4) is 6.07 Å². The summed E-state index contributed by atoms with van der Waals surface area (Å²) in [5.41, 5.74) is 7.49. The number of ether oxygens (including phenoxy) is 1. The Hall–Kier alpha value is -3.90. The molecular weight excluding hydrogens is 555 g/mol. The molecule has 0 bridgehead atoms. The monoisotopic (exact) mass is 600 g/mol. The fourth-order valence-corrected chi connectivity index (χ4v) is 7.86. The number of piperidine rings is 1. The van der Waals surface area contributed by atoms with E-state index in [1.807, 2.05) is 30.5 Å². The van der Waals surface area contributed by atoms with Gasteiger partial charge in [0, 0.05) is 55.6 Å². The van der Waals surface area contributed by atoms with Crippen LogP contribution in [0.5, 0.6) is 0 Å². The Kier molecular flexibility index (Phi) is 10.2. The molecule has 1 amide bonds. The van der Waals surface area contributed by atoms with Gasteiger partial charge in [-0.25, -0.2) is 14.2 Å². The lowest BCUT2D eigenvalue weighted by molar-refractivity contribution is 0.0640. The summed E-state index contributed by atoms with van der Waals surface area (Å²) in [6.45, 7) is 8.53. The van der Waals surface area contributed by atoms with Gasteiger partial charge in [0.2, 0.25) is 0 Å². The minimum Gasteiger partial charge on any atom is -0.453 e. The molecule has 1 unspecified atom stereocenters. The molecule has 3 heterocycles. The first-order valence-corrected chi connectivity index (χ1v) is 15.9. The Morgan fingerprint density at radius 2 is 1.75 bits per heavy atom. The van der Waals surface area contributed by atoms with Crippen LogP contribution in [0.4, 0.5) is 14.9 Å². The van der Waals surface area contributed by atoms with Gasteiger partial charge < -0.3 is 24.8 Å². The number of carbonyl (C=O) groups is 1. The van der Waals surface area contributed by atoms with E-state index in [1.165, 1.54) is 44.0 Å². The lowest BCUT2D eigenvalue weighted by Gasteiger charge is -2.50. The molecule has 9 heteroatoms. The summed E-state index contributed by atoms with van der Waals surface area (Å²) >= 11 is 0. The van der Waals surface area contributed by atoms with E-state index in [0.717, 1.165) is 57.9 Å². The number of halogens is 1. The average molecular weight is 601 g/mol. The molecule has 3 fully saturated rings. The average Bonchev–Trinajstić information content (AvgIpc) is 3.71. The predicted octanol–water partition coefficient (Wildman–Crippen LogP) is 5.89. The second-order valence-electron chi connectivity index (χ2n) is 12.7. The van der Waals surface area contributed by atoms with Crippen molar-refractivity contribution in [2.45, 2.75) is 57.4 Å². The second kappa shape index (κ2) is 14.3. The van der Waals surface area contributed by atoms with Gasteiger partial charge in [0.05, 0.1) is 18.7 Å². The lowest BCUT2D eigenvalue weighted by atomic mass is 9.59. The van der Waals surface area contributed by atoms with Crippen molar-refractivity contribution < 1.29 is 13.9 Å². The molecule has 0 spiro atoms. The molecule has 1 saturated carbocycles. The summed E-state index contributed by atoms with van der Waals surface area (Å²) in [4.78, 5) is 19.0. The van der Waals surface area contributed by atoms with Crippen LogP contribution in [0.15, 0.2) is 60.9 Å². The maximum absolute atomic E-state index is 14.7. The first-order valence-electron chi connectivity index (χ1n) is 15.9. The zero-order chi connectivity index (χ0) is 31.1. The number of rotatable bonds is 8. The second-order valence-corrected chi connectivity index (χ2v) is 12.7. The molecule has 3 aromatic rings. The third-order valence-electron chi connectivity index (χ3n) is 10.2. The highest BCUT2D eigenvalue weighted by Crippen LogP contribution is 2.51. The first kappa shape index (κ1) is 31.5. The minimum absolute atomic E-state index is 0.0704. The van der Waals surface area contributed by atoms with Crippen molar-refractivity contribution in [2.24, 2.45) is 23.5 Å². The van der Waals surface area contributed by atoms with Crippen molar-refractivity contribution in [2.75, 3.05) is 44.7 Å². The summed E-state index contributed by atoms with van der Waals surface area (Å²) in [6.07, 6.45) is 10.6. The van der Waals surface area contributed by atoms with Gasteiger partial charge in [-0.2, -0.15) is 5.26 Å². The van der Waals surface area contributed by atoms with E-state index >= 15 is 0 Å². The van der Waals surface area contributed by atoms with E-state index in [2.05, 4.69) is 67.2 Å². The van der Waals surface area contributed by atoms with Crippen molar-refractivity contribution in [3.05, 3.63) is 83.7 Å². The van der Waals surface area contributed by atoms with Gasteiger partial charge in [-0.15, -0.1) is 0 Å². The van der Waals surface area contributed by atoms with Crippen LogP contribution in [0, 0.1) is 41.8 Å². The third kappa shape index (κ3) is 7.07. The number of nitrogens with two attached hydrogens (primary N) is 1. The van der Waals surface area contributed by atoms with Crippen molar-refractivity contribution in [1.29, 1.82) is 5.26 Å². The minimum atomic E-state index is -0.745. The zero-order valence-corrected chi connectivity index (χ0v) is 26.0. The summed E-state index contributed by atoms with van der Waals surface area (Å²) in [6, 6.07) is 17.7. The molecule has 2 saturated heterocycles. The van der Waals surface area contributed by atoms with Gasteiger partial charge in [0.15, 0.2) is 0 Å². The Balaban J connectivity index is 0.000000712. The fraction of sp³-hybridized carbons (Fsp3) is 0.514. The van der Waals surface area contributed by atoms with Crippen LogP contribution in [-0.2, 0) is 16.7 Å². The van der Waals surface area contributed by atoms with Crippen molar-refractivity contribution >= 4 is 11.8 Å². The number of benzene rings is 2. The molecule has 1 atom stereocenters. The topological polar surface area (TPSA) is 100 Å². The Morgan fingerprint density at radius 1 is 1.09 bits per heavy atom. The van der Waals surface area contributed by atoms with Crippen LogP contribution < -0.4 is 10.6 Å². The van der Waals surface area contributed by atoms with Crippen LogP contribution in [0.2, 0.25) is 0 Å². The van der Waals surface area contributed by atoms with Gasteiger partial charge in [-0.1, -0.05) is 25.0 Å². The molecule has 3 aliphatic rings. The van der Waals surface area contributed by atoms with Gasteiger partial charge in [0.1, 0.15) is 11.6 Å². The summed E-state index contributed by atoms with van der Waals surface area (Å²) in [7, 11) is 1.22. The summed E-state index contributed by atoms with van der Waals surface area (Å²) in [5.74, 6) is 2.71. The summed E-state index contributed by atoms with van der Waals surface area (Å²) in [5, 5.41) is 9.06. The molecule has 6 rings (SSSR count). The number of nitrogens with zero attached hydrogens (tertiary/aromatic N) is 5. The number of imidazole rings is 1. The first-order chi connectivity index (χ1) is 21.3. The van der Waals surface area contributed by atoms with Crippen LogP contribution in [0.25, 0.3) is 0 Å². The molecule has 234 valence electrons. The van der Waals surface area contributed by atoms with E-state index in [0.29, 0.717) is 23.3 Å². The quantitative estimate of drug-likeness (QED) is 0.346. The normalized spacial score (nSPS) is 19.4. The van der Waals surface area contributed by atoms with Crippen LogP contribution in [0.3, 0.4) is 0 Å². The molecule has 2 aromatic carbocycles. The number of nitriles is 1. The van der Waals surface area contributed by atoms with Gasteiger partial charge in [-0.3, -0.25) is 0 Å². The van der Waals surface area contributed by atoms with E-state index in [9.17, 15) is 9.18 Å². The number of aromatic nitrogens is 2. The molecular formula is C35H45FN6O2. The number of primary amides is 1. The number of hydrogen-bond donors (Lipinski definition) is 1. The highest BCUT2D eigenvalue weighted by atomic mass is 19.1. The standard InChI is InChI=1S/C33H40FN5.C2H5NO2/c1-25-36-15-18-38(25)24-33(28-5-2-3-6-28,30-7-4-8-31(34)19-30)29-13-16-37(17-14-29)21-27-22-39(23-27)32-11-9-26(20-35)10-12-32;1-5-2(3)4/h4,7-12,15,18-19,27-29H,2-3,5-6,13-14,16-17,21-24H2,1H3;1H3,(H2,3,4). The smallest absolute Gasteiger partial charge is 0.404 e. The molecule has 1 aliphatic carbocycles. The van der Waals surface area contributed by atoms with Crippen molar-refractivity contribution in [1.82, 2.24) is 14.5 Å². The highest BCUT2D eigenvalue weighted by molar-refractivity contribution is 5.64. The Morgan fingerprint density at radius 3 is 2.32 bits per heavy atom. The Bertz CT molecular complexity index is 1420. The Labute approximate surface area is 260 Å². The number of anilines is 1. The number of aryl methyl sites for hydroxylation is 1. The number of likely N-dealkylation sites (tertiary alicyclic amines) is 1. The maximum atomic E-state index is 14.7. The molecule has 8 nitrogen and oxygen atoms in total. The number of hydrogen-bond acceptors (Lipinski definition) is 6. The molecule has 2 aliphatic heterocycles. The van der Waals surface area contributed by atoms with E-state index in [-0.39, 0.29) is 11.2 Å². The van der Waals surface area contributed by atoms with E-state index < -0.39 is 6.09 Å². The zero-order valence-electron chi connectivity index (χ0n) is 26.0. The number of amides is 1. The molecule has 1 aromatic heterocycles.